The fraction of sp³-hybridized carbons (Fsp3) is 0.100. The molecule has 0 atom stereocenters. The number of benzene rings is 1. The summed E-state index contributed by atoms with van der Waals surface area (Å²) in [6.45, 7) is 0. The third kappa shape index (κ3) is 3.16. The lowest BCUT2D eigenvalue weighted by Crippen LogP contribution is -2.19. The van der Waals surface area contributed by atoms with Gasteiger partial charge in [0.25, 0.3) is 0 Å². The first-order chi connectivity index (χ1) is 8.99. The lowest BCUT2D eigenvalue weighted by atomic mass is 10.2. The van der Waals surface area contributed by atoms with Crippen LogP contribution < -0.4 is 5.32 Å². The molecule has 19 heavy (non-hydrogen) atoms. The average Bonchev–Trinajstić information content (AvgIpc) is 2.79. The molecule has 1 saturated heterocycles. The van der Waals surface area contributed by atoms with Crippen LogP contribution in [-0.2, 0) is 4.79 Å². The van der Waals surface area contributed by atoms with Gasteiger partial charge in [0.2, 0.25) is 5.91 Å². The molecule has 1 aromatic carbocycles. The van der Waals surface area contributed by atoms with Gasteiger partial charge in [0, 0.05) is 5.56 Å². The van der Waals surface area contributed by atoms with Crippen molar-refractivity contribution in [3.8, 4) is 0 Å². The third-order valence-electron chi connectivity index (χ3n) is 2.06. The topological polar surface area (TPSA) is 53.8 Å². The van der Waals surface area contributed by atoms with Crippen LogP contribution in [0.4, 0.5) is 13.2 Å². The van der Waals surface area contributed by atoms with Gasteiger partial charge in [-0.2, -0.15) is 5.10 Å². The molecule has 1 amide bonds. The minimum atomic E-state index is -1.31. The maximum absolute atomic E-state index is 13.5. The number of carbonyl (C=O) groups excluding carboxylic acids is 1. The zero-order valence-electron chi connectivity index (χ0n) is 9.08. The maximum Gasteiger partial charge on any atom is 0.236 e. The Labute approximate surface area is 118 Å². The largest absolute Gasteiger partial charge is 0.303 e. The summed E-state index contributed by atoms with van der Waals surface area (Å²) in [5.41, 5.74) is -0.260. The Kier molecular flexibility index (Phi) is 4.25. The monoisotopic (exact) mass is 351 g/mol. The molecule has 1 heterocycles. The van der Waals surface area contributed by atoms with Gasteiger partial charge in [-0.1, -0.05) is 11.8 Å². The van der Waals surface area contributed by atoms with E-state index in [1.165, 1.54) is 0 Å². The predicted molar refractivity (Wildman–Crippen MR) is 69.6 cm³/mol. The molecule has 1 aliphatic rings. The molecule has 100 valence electrons. The van der Waals surface area contributed by atoms with Crippen molar-refractivity contribution in [3.63, 3.8) is 0 Å². The second-order valence-electron chi connectivity index (χ2n) is 3.38. The van der Waals surface area contributed by atoms with Crippen molar-refractivity contribution in [2.75, 3.05) is 5.75 Å². The number of hydrogen-bond donors (Lipinski definition) is 1. The van der Waals surface area contributed by atoms with Crippen LogP contribution in [0.25, 0.3) is 0 Å². The van der Waals surface area contributed by atoms with E-state index < -0.39 is 21.9 Å². The quantitative estimate of drug-likeness (QED) is 0.385. The standard InChI is InChI=1S/C10H5BrF3N3OS/c11-7-8(13)4(1-5(12)9(7)14)2-15-17-10-16-6(18)3-19-10/h1-2H,3H2,(H,16,17,18). The predicted octanol–water partition coefficient (Wildman–Crippen LogP) is 2.42. The summed E-state index contributed by atoms with van der Waals surface area (Å²) in [4.78, 5) is 10.8. The molecule has 9 heteroatoms. The average molecular weight is 352 g/mol. The van der Waals surface area contributed by atoms with Gasteiger partial charge in [0.05, 0.1) is 16.4 Å². The van der Waals surface area contributed by atoms with Crippen LogP contribution in [0.5, 0.6) is 0 Å². The van der Waals surface area contributed by atoms with Gasteiger partial charge in [-0.3, -0.25) is 4.79 Å². The summed E-state index contributed by atoms with van der Waals surface area (Å²) < 4.78 is 39.0. The van der Waals surface area contributed by atoms with Crippen LogP contribution in [0.2, 0.25) is 0 Å². The Hall–Kier alpha value is -1.35. The van der Waals surface area contributed by atoms with E-state index >= 15 is 0 Å². The van der Waals surface area contributed by atoms with E-state index in [2.05, 4.69) is 31.4 Å². The molecule has 1 aromatic rings. The molecular formula is C10H5BrF3N3OS. The maximum atomic E-state index is 13.5. The van der Waals surface area contributed by atoms with Crippen molar-refractivity contribution in [1.29, 1.82) is 0 Å². The number of amidine groups is 1. The van der Waals surface area contributed by atoms with E-state index in [1.54, 1.807) is 0 Å². The van der Waals surface area contributed by atoms with Gasteiger partial charge in [0.1, 0.15) is 5.82 Å². The number of nitrogens with one attached hydrogen (secondary N) is 1. The van der Waals surface area contributed by atoms with Gasteiger partial charge < -0.3 is 5.32 Å². The van der Waals surface area contributed by atoms with Crippen molar-refractivity contribution in [2.45, 2.75) is 0 Å². The molecule has 4 nitrogen and oxygen atoms in total. The summed E-state index contributed by atoms with van der Waals surface area (Å²) >= 11 is 3.74. The zero-order chi connectivity index (χ0) is 14.0. The van der Waals surface area contributed by atoms with Crippen LogP contribution in [0, 0.1) is 17.5 Å². The highest BCUT2D eigenvalue weighted by Gasteiger charge is 2.17. The van der Waals surface area contributed by atoms with Crippen molar-refractivity contribution >= 4 is 45.0 Å². The molecule has 1 aliphatic heterocycles. The number of nitrogens with zero attached hydrogens (tertiary/aromatic N) is 2. The van der Waals surface area contributed by atoms with Crippen molar-refractivity contribution in [1.82, 2.24) is 5.32 Å². The minimum Gasteiger partial charge on any atom is -0.303 e. The summed E-state index contributed by atoms with van der Waals surface area (Å²) in [6, 6.07) is 0.666. The van der Waals surface area contributed by atoms with E-state index in [0.29, 0.717) is 6.07 Å². The number of hydrogen-bond acceptors (Lipinski definition) is 4. The van der Waals surface area contributed by atoms with E-state index in [0.717, 1.165) is 18.0 Å². The number of rotatable bonds is 2. The molecular weight excluding hydrogens is 347 g/mol. The third-order valence-corrected chi connectivity index (χ3v) is 3.62. The first-order valence-corrected chi connectivity index (χ1v) is 6.63. The molecule has 0 bridgehead atoms. The fourth-order valence-electron chi connectivity index (χ4n) is 1.21. The lowest BCUT2D eigenvalue weighted by Gasteiger charge is -2.01. The molecule has 0 aliphatic carbocycles. The summed E-state index contributed by atoms with van der Waals surface area (Å²) in [5.74, 6) is -3.46. The first-order valence-electron chi connectivity index (χ1n) is 4.85. The Morgan fingerprint density at radius 2 is 2.11 bits per heavy atom. The zero-order valence-corrected chi connectivity index (χ0v) is 11.5. The SMILES string of the molecule is O=C1CSC(=NN=Cc2cc(F)c(F)c(Br)c2F)N1. The molecule has 2 rings (SSSR count). The van der Waals surface area contributed by atoms with Gasteiger partial charge in [-0.15, -0.1) is 5.10 Å². The van der Waals surface area contributed by atoms with Gasteiger partial charge in [-0.25, -0.2) is 13.2 Å². The molecule has 0 spiro atoms. The van der Waals surface area contributed by atoms with Crippen LogP contribution in [0.1, 0.15) is 5.56 Å². The number of halogens is 4. The van der Waals surface area contributed by atoms with Crippen LogP contribution in [-0.4, -0.2) is 23.0 Å². The Bertz CT molecular complexity index is 606. The second-order valence-corrected chi connectivity index (χ2v) is 5.13. The van der Waals surface area contributed by atoms with Crippen molar-refractivity contribution in [3.05, 3.63) is 33.6 Å². The molecule has 0 saturated carbocycles. The fourth-order valence-corrected chi connectivity index (χ4v) is 2.26. The van der Waals surface area contributed by atoms with Crippen LogP contribution in [0.15, 0.2) is 20.7 Å². The van der Waals surface area contributed by atoms with Crippen LogP contribution in [0.3, 0.4) is 0 Å². The van der Waals surface area contributed by atoms with E-state index in [1.807, 2.05) is 0 Å². The van der Waals surface area contributed by atoms with Crippen LogP contribution >= 0.6 is 27.7 Å². The summed E-state index contributed by atoms with van der Waals surface area (Å²) in [6.07, 6.45) is 0.931. The van der Waals surface area contributed by atoms with Crippen molar-refractivity contribution < 1.29 is 18.0 Å². The Morgan fingerprint density at radius 3 is 2.74 bits per heavy atom. The smallest absolute Gasteiger partial charge is 0.236 e. The molecule has 0 radical (unpaired) electrons. The summed E-state index contributed by atoms with van der Waals surface area (Å²) in [5, 5.41) is 9.80. The van der Waals surface area contributed by atoms with Gasteiger partial charge in [0.15, 0.2) is 16.8 Å². The van der Waals surface area contributed by atoms with Crippen molar-refractivity contribution in [2.24, 2.45) is 10.2 Å². The van der Waals surface area contributed by atoms with E-state index in [4.69, 9.17) is 0 Å². The van der Waals surface area contributed by atoms with E-state index in [9.17, 15) is 18.0 Å². The highest BCUT2D eigenvalue weighted by Crippen LogP contribution is 2.24. The summed E-state index contributed by atoms with van der Waals surface area (Å²) in [7, 11) is 0. The second kappa shape index (κ2) is 5.74. The molecule has 0 aromatic heterocycles. The minimum absolute atomic E-state index is 0.208. The Balaban J connectivity index is 2.22. The number of carbonyl (C=O) groups is 1. The molecule has 0 unspecified atom stereocenters. The highest BCUT2D eigenvalue weighted by molar-refractivity contribution is 9.10. The van der Waals surface area contributed by atoms with E-state index in [-0.39, 0.29) is 22.4 Å². The normalized spacial score (nSPS) is 17.5. The van der Waals surface area contributed by atoms with Gasteiger partial charge in [-0.05, 0) is 22.0 Å². The lowest BCUT2D eigenvalue weighted by molar-refractivity contribution is -0.116. The Morgan fingerprint density at radius 1 is 1.37 bits per heavy atom. The van der Waals surface area contributed by atoms with Gasteiger partial charge >= 0.3 is 0 Å². The molecule has 1 fully saturated rings. The molecule has 1 N–H and O–H groups in total. The highest BCUT2D eigenvalue weighted by atomic mass is 79.9. The first kappa shape index (κ1) is 14.1. The number of thioether (sulfide) groups is 1. The number of amides is 1.